The van der Waals surface area contributed by atoms with Gasteiger partial charge >= 0.3 is 6.18 Å². The number of carbonyl (C=O) groups is 1. The molecule has 8 heteroatoms. The maximum Gasteiger partial charge on any atom is 0.416 e. The molecule has 1 unspecified atom stereocenters. The summed E-state index contributed by atoms with van der Waals surface area (Å²) >= 11 is 0. The van der Waals surface area contributed by atoms with E-state index in [0.29, 0.717) is 32.0 Å². The average Bonchev–Trinajstić information content (AvgIpc) is 2.68. The van der Waals surface area contributed by atoms with E-state index in [2.05, 4.69) is 10.2 Å². The number of alkyl halides is 3. The summed E-state index contributed by atoms with van der Waals surface area (Å²) in [5, 5.41) is 2.75. The first-order valence-corrected chi connectivity index (χ1v) is 9.45. The summed E-state index contributed by atoms with van der Waals surface area (Å²) in [6.45, 7) is 5.72. The van der Waals surface area contributed by atoms with Gasteiger partial charge in [0.2, 0.25) is 5.91 Å². The molecule has 0 radical (unpaired) electrons. The van der Waals surface area contributed by atoms with Gasteiger partial charge in [-0.25, -0.2) is 0 Å². The smallest absolute Gasteiger partial charge is 0.379 e. The summed E-state index contributed by atoms with van der Waals surface area (Å²) in [4.78, 5) is 16.7. The molecule has 150 valence electrons. The lowest BCUT2D eigenvalue weighted by molar-refractivity contribution is -0.137. The molecule has 0 spiro atoms. The second-order valence-corrected chi connectivity index (χ2v) is 7.09. The van der Waals surface area contributed by atoms with E-state index in [0.717, 1.165) is 44.5 Å². The summed E-state index contributed by atoms with van der Waals surface area (Å²) in [7, 11) is 0. The predicted molar refractivity (Wildman–Crippen MR) is 98.0 cm³/mol. The van der Waals surface area contributed by atoms with Crippen molar-refractivity contribution < 1.29 is 22.7 Å². The Morgan fingerprint density at radius 2 is 1.78 bits per heavy atom. The number of morpholine rings is 1. The zero-order chi connectivity index (χ0) is 19.4. The van der Waals surface area contributed by atoms with E-state index in [1.165, 1.54) is 6.07 Å². The van der Waals surface area contributed by atoms with E-state index < -0.39 is 17.8 Å². The fourth-order valence-electron chi connectivity index (χ4n) is 3.59. The summed E-state index contributed by atoms with van der Waals surface area (Å²) in [5.74, 6) is -0.297. The van der Waals surface area contributed by atoms with Crippen LogP contribution in [-0.4, -0.2) is 56.2 Å². The first kappa shape index (κ1) is 19.9. The number of ether oxygens (including phenoxy) is 1. The molecule has 2 saturated heterocycles. The Morgan fingerprint density at radius 3 is 2.41 bits per heavy atom. The summed E-state index contributed by atoms with van der Waals surface area (Å²) in [6.07, 6.45) is -1.33. The lowest BCUT2D eigenvalue weighted by atomic mass is 10.1. The minimum atomic E-state index is -4.45. The molecule has 1 aromatic carbocycles. The van der Waals surface area contributed by atoms with Crippen molar-refractivity contribution in [3.8, 4) is 0 Å². The van der Waals surface area contributed by atoms with Crippen molar-refractivity contribution in [2.45, 2.75) is 38.4 Å². The van der Waals surface area contributed by atoms with Gasteiger partial charge in [0.15, 0.2) is 0 Å². The van der Waals surface area contributed by atoms with Crippen molar-refractivity contribution >= 4 is 17.3 Å². The number of hydrogen-bond acceptors (Lipinski definition) is 4. The predicted octanol–water partition coefficient (Wildman–Crippen LogP) is 3.35. The van der Waals surface area contributed by atoms with Gasteiger partial charge in [-0.2, -0.15) is 13.2 Å². The van der Waals surface area contributed by atoms with Gasteiger partial charge in [-0.15, -0.1) is 0 Å². The standard InChI is InChI=1S/C19H26F3N3O2/c1-14(24-9-11-27-12-10-24)18(26)23-16-13-15(19(20,21)22)5-6-17(16)25-7-3-2-4-8-25/h5-6,13-14H,2-4,7-12H2,1H3,(H,23,26). The van der Waals surface area contributed by atoms with Gasteiger partial charge in [0.1, 0.15) is 0 Å². The minimum absolute atomic E-state index is 0.233. The van der Waals surface area contributed by atoms with Crippen LogP contribution in [-0.2, 0) is 15.7 Å². The molecular formula is C19H26F3N3O2. The zero-order valence-corrected chi connectivity index (χ0v) is 15.5. The van der Waals surface area contributed by atoms with Crippen molar-refractivity contribution in [2.75, 3.05) is 49.6 Å². The van der Waals surface area contributed by atoms with Crippen molar-refractivity contribution in [3.63, 3.8) is 0 Å². The molecule has 0 bridgehead atoms. The number of nitrogens with zero attached hydrogens (tertiary/aromatic N) is 2. The molecule has 1 atom stereocenters. The van der Waals surface area contributed by atoms with E-state index in [-0.39, 0.29) is 11.6 Å². The largest absolute Gasteiger partial charge is 0.416 e. The Kier molecular flexibility index (Phi) is 6.26. The third-order valence-corrected chi connectivity index (χ3v) is 5.25. The third-order valence-electron chi connectivity index (χ3n) is 5.25. The van der Waals surface area contributed by atoms with Crippen LogP contribution in [0, 0.1) is 0 Å². The molecule has 1 N–H and O–H groups in total. The molecule has 5 nitrogen and oxygen atoms in total. The van der Waals surface area contributed by atoms with Gasteiger partial charge in [-0.1, -0.05) is 0 Å². The summed E-state index contributed by atoms with van der Waals surface area (Å²) < 4.78 is 44.8. The number of carbonyl (C=O) groups excluding carboxylic acids is 1. The van der Waals surface area contributed by atoms with Crippen LogP contribution in [0.1, 0.15) is 31.7 Å². The fourth-order valence-corrected chi connectivity index (χ4v) is 3.59. The van der Waals surface area contributed by atoms with Gasteiger partial charge in [0.25, 0.3) is 0 Å². The number of amides is 1. The highest BCUT2D eigenvalue weighted by atomic mass is 19.4. The van der Waals surface area contributed by atoms with Crippen molar-refractivity contribution in [1.29, 1.82) is 0 Å². The van der Waals surface area contributed by atoms with E-state index >= 15 is 0 Å². The number of hydrogen-bond donors (Lipinski definition) is 1. The highest BCUT2D eigenvalue weighted by Gasteiger charge is 2.32. The van der Waals surface area contributed by atoms with Crippen molar-refractivity contribution in [3.05, 3.63) is 23.8 Å². The number of piperidine rings is 1. The highest BCUT2D eigenvalue weighted by molar-refractivity contribution is 5.97. The van der Waals surface area contributed by atoms with Crippen LogP contribution >= 0.6 is 0 Å². The van der Waals surface area contributed by atoms with Crippen molar-refractivity contribution in [2.24, 2.45) is 0 Å². The molecule has 1 aromatic rings. The number of halogens is 3. The van der Waals surface area contributed by atoms with E-state index in [9.17, 15) is 18.0 Å². The molecule has 27 heavy (non-hydrogen) atoms. The molecule has 0 aromatic heterocycles. The number of rotatable bonds is 4. The van der Waals surface area contributed by atoms with Crippen LogP contribution in [0.5, 0.6) is 0 Å². The second kappa shape index (κ2) is 8.48. The van der Waals surface area contributed by atoms with Crippen LogP contribution in [0.3, 0.4) is 0 Å². The minimum Gasteiger partial charge on any atom is -0.379 e. The normalized spacial score (nSPS) is 20.4. The van der Waals surface area contributed by atoms with Crippen LogP contribution in [0.2, 0.25) is 0 Å². The van der Waals surface area contributed by atoms with E-state index in [1.54, 1.807) is 6.92 Å². The number of anilines is 2. The fraction of sp³-hybridized carbons (Fsp3) is 0.632. The summed E-state index contributed by atoms with van der Waals surface area (Å²) in [6, 6.07) is 3.18. The second-order valence-electron chi connectivity index (χ2n) is 7.09. The SMILES string of the molecule is CC(C(=O)Nc1cc(C(F)(F)F)ccc1N1CCCCC1)N1CCOCC1. The van der Waals surface area contributed by atoms with E-state index in [4.69, 9.17) is 4.74 Å². The van der Waals surface area contributed by atoms with Gasteiger partial charge < -0.3 is 15.0 Å². The topological polar surface area (TPSA) is 44.8 Å². The quantitative estimate of drug-likeness (QED) is 0.863. The molecule has 2 aliphatic rings. The molecule has 1 amide bonds. The first-order valence-electron chi connectivity index (χ1n) is 9.45. The van der Waals surface area contributed by atoms with Crippen LogP contribution < -0.4 is 10.2 Å². The third kappa shape index (κ3) is 4.93. The molecule has 0 saturated carbocycles. The molecule has 2 aliphatic heterocycles. The number of nitrogens with one attached hydrogen (secondary N) is 1. The molecule has 2 fully saturated rings. The highest BCUT2D eigenvalue weighted by Crippen LogP contribution is 2.36. The Bertz CT molecular complexity index is 654. The Morgan fingerprint density at radius 1 is 1.11 bits per heavy atom. The molecular weight excluding hydrogens is 359 g/mol. The lowest BCUT2D eigenvalue weighted by Gasteiger charge is -2.33. The van der Waals surface area contributed by atoms with Crippen LogP contribution in [0.25, 0.3) is 0 Å². The van der Waals surface area contributed by atoms with E-state index in [1.807, 2.05) is 4.90 Å². The van der Waals surface area contributed by atoms with Gasteiger partial charge in [0.05, 0.1) is 36.2 Å². The maximum absolute atomic E-state index is 13.2. The van der Waals surface area contributed by atoms with Gasteiger partial charge in [0, 0.05) is 26.2 Å². The Balaban J connectivity index is 1.82. The van der Waals surface area contributed by atoms with Gasteiger partial charge in [-0.05, 0) is 44.4 Å². The van der Waals surface area contributed by atoms with Gasteiger partial charge in [-0.3, -0.25) is 9.69 Å². The number of benzene rings is 1. The molecule has 2 heterocycles. The van der Waals surface area contributed by atoms with Crippen LogP contribution in [0.4, 0.5) is 24.5 Å². The Hall–Kier alpha value is -1.80. The zero-order valence-electron chi connectivity index (χ0n) is 15.5. The average molecular weight is 385 g/mol. The maximum atomic E-state index is 13.2. The first-order chi connectivity index (χ1) is 12.9. The molecule has 3 rings (SSSR count). The monoisotopic (exact) mass is 385 g/mol. The van der Waals surface area contributed by atoms with Crippen molar-refractivity contribution in [1.82, 2.24) is 4.90 Å². The van der Waals surface area contributed by atoms with Crippen LogP contribution in [0.15, 0.2) is 18.2 Å². The lowest BCUT2D eigenvalue weighted by Crippen LogP contribution is -2.47. The summed E-state index contributed by atoms with van der Waals surface area (Å²) in [5.41, 5.74) is 0.139. The molecule has 0 aliphatic carbocycles. The Labute approximate surface area is 157 Å².